The van der Waals surface area contributed by atoms with E-state index in [2.05, 4.69) is 19.2 Å². The van der Waals surface area contributed by atoms with Crippen molar-refractivity contribution in [2.24, 2.45) is 0 Å². The van der Waals surface area contributed by atoms with Gasteiger partial charge >= 0.3 is 0 Å². The van der Waals surface area contributed by atoms with Crippen LogP contribution in [0.2, 0.25) is 0 Å². The van der Waals surface area contributed by atoms with E-state index in [1.807, 2.05) is 6.08 Å². The summed E-state index contributed by atoms with van der Waals surface area (Å²) in [4.78, 5) is 12.4. The second-order valence-corrected chi connectivity index (χ2v) is 20.4. The first-order valence-corrected chi connectivity index (χ1v) is 29.4. The van der Waals surface area contributed by atoms with Gasteiger partial charge in [-0.2, -0.15) is 0 Å². The highest BCUT2D eigenvalue weighted by atomic mass is 16.3. The summed E-state index contributed by atoms with van der Waals surface area (Å²) < 4.78 is 0. The molecule has 4 nitrogen and oxygen atoms in total. The Morgan fingerprint density at radius 2 is 0.587 bits per heavy atom. The minimum Gasteiger partial charge on any atom is -0.394 e. The van der Waals surface area contributed by atoms with Crippen molar-refractivity contribution in [3.05, 3.63) is 12.2 Å². The van der Waals surface area contributed by atoms with Gasteiger partial charge in [0.15, 0.2) is 0 Å². The lowest BCUT2D eigenvalue weighted by Crippen LogP contribution is -2.45. The third kappa shape index (κ3) is 52.0. The van der Waals surface area contributed by atoms with Crippen molar-refractivity contribution in [1.82, 2.24) is 5.32 Å². The molecule has 0 aromatic heterocycles. The van der Waals surface area contributed by atoms with Crippen molar-refractivity contribution in [1.29, 1.82) is 0 Å². The Labute approximate surface area is 397 Å². The summed E-state index contributed by atoms with van der Waals surface area (Å²) in [6.45, 7) is 4.34. The van der Waals surface area contributed by atoms with Crippen molar-refractivity contribution in [3.63, 3.8) is 0 Å². The SMILES string of the molecule is CCCCCCCCCCCCCC/C=C/C(O)C(CO)NC(=O)CCCCCCCCCCCCCCCCCCCCCCCCCCCCCCCCCCCCCCC. The van der Waals surface area contributed by atoms with E-state index in [4.69, 9.17) is 0 Å². The molecule has 63 heavy (non-hydrogen) atoms. The number of hydrogen-bond acceptors (Lipinski definition) is 3. The first-order valence-electron chi connectivity index (χ1n) is 29.4. The Balaban J connectivity index is 3.35. The van der Waals surface area contributed by atoms with Crippen molar-refractivity contribution in [3.8, 4) is 0 Å². The van der Waals surface area contributed by atoms with Gasteiger partial charge in [-0.3, -0.25) is 4.79 Å². The quantitative estimate of drug-likeness (QED) is 0.0421. The maximum absolute atomic E-state index is 12.4. The highest BCUT2D eigenvalue weighted by Gasteiger charge is 2.18. The first-order chi connectivity index (χ1) is 31.2. The molecule has 0 saturated heterocycles. The number of carbonyl (C=O) groups excluding carboxylic acids is 1. The highest BCUT2D eigenvalue weighted by molar-refractivity contribution is 5.76. The van der Waals surface area contributed by atoms with E-state index in [0.717, 1.165) is 25.7 Å². The molecule has 0 radical (unpaired) electrons. The summed E-state index contributed by atoms with van der Waals surface area (Å²) in [6, 6.07) is -0.617. The Bertz CT molecular complexity index is 875. The van der Waals surface area contributed by atoms with Gasteiger partial charge in [0, 0.05) is 6.42 Å². The lowest BCUT2D eigenvalue weighted by Gasteiger charge is -2.20. The number of aliphatic hydroxyl groups excluding tert-OH is 2. The predicted octanol–water partition coefficient (Wildman–Crippen LogP) is 19.3. The lowest BCUT2D eigenvalue weighted by atomic mass is 10.0. The van der Waals surface area contributed by atoms with Crippen LogP contribution in [0.5, 0.6) is 0 Å². The summed E-state index contributed by atoms with van der Waals surface area (Å²) in [5, 5.41) is 23.1. The number of aliphatic hydroxyl groups is 2. The summed E-state index contributed by atoms with van der Waals surface area (Å²) in [6.07, 6.45) is 72.6. The number of amides is 1. The molecule has 0 aromatic carbocycles. The molecular formula is C59H117NO3. The topological polar surface area (TPSA) is 69.6 Å². The van der Waals surface area contributed by atoms with Gasteiger partial charge in [-0.1, -0.05) is 328 Å². The van der Waals surface area contributed by atoms with Gasteiger partial charge in [0.2, 0.25) is 5.91 Å². The van der Waals surface area contributed by atoms with E-state index in [1.54, 1.807) is 6.08 Å². The number of rotatable bonds is 55. The third-order valence-corrected chi connectivity index (χ3v) is 14.0. The van der Waals surface area contributed by atoms with Crippen molar-refractivity contribution in [2.75, 3.05) is 6.61 Å². The molecule has 376 valence electrons. The minimum absolute atomic E-state index is 0.0567. The normalized spacial score (nSPS) is 12.8. The van der Waals surface area contributed by atoms with Gasteiger partial charge in [-0.15, -0.1) is 0 Å². The molecule has 0 rings (SSSR count). The number of hydrogen-bond donors (Lipinski definition) is 3. The summed E-state index contributed by atoms with van der Waals surface area (Å²) in [5.74, 6) is -0.0567. The Kier molecular flexibility index (Phi) is 54.7. The molecule has 0 spiro atoms. The second-order valence-electron chi connectivity index (χ2n) is 20.4. The van der Waals surface area contributed by atoms with E-state index in [9.17, 15) is 15.0 Å². The van der Waals surface area contributed by atoms with Crippen LogP contribution in [-0.2, 0) is 4.79 Å². The zero-order valence-electron chi connectivity index (χ0n) is 43.4. The summed E-state index contributed by atoms with van der Waals surface area (Å²) in [7, 11) is 0. The average Bonchev–Trinajstić information content (AvgIpc) is 3.29. The molecule has 0 aliphatic carbocycles. The fourth-order valence-electron chi connectivity index (χ4n) is 9.54. The predicted molar refractivity (Wildman–Crippen MR) is 281 cm³/mol. The van der Waals surface area contributed by atoms with Gasteiger partial charge in [-0.05, 0) is 19.3 Å². The minimum atomic E-state index is -0.834. The fraction of sp³-hybridized carbons (Fsp3) is 0.949. The molecule has 0 aliphatic rings. The average molecular weight is 889 g/mol. The van der Waals surface area contributed by atoms with E-state index in [-0.39, 0.29) is 12.5 Å². The summed E-state index contributed by atoms with van der Waals surface area (Å²) >= 11 is 0. The molecule has 0 fully saturated rings. The van der Waals surface area contributed by atoms with Crippen LogP contribution in [-0.4, -0.2) is 34.9 Å². The largest absolute Gasteiger partial charge is 0.394 e. The molecule has 0 heterocycles. The van der Waals surface area contributed by atoms with E-state index < -0.39 is 12.1 Å². The van der Waals surface area contributed by atoms with Crippen LogP contribution in [0.3, 0.4) is 0 Å². The monoisotopic (exact) mass is 888 g/mol. The Hall–Kier alpha value is -0.870. The molecule has 1 amide bonds. The van der Waals surface area contributed by atoms with Crippen molar-refractivity contribution >= 4 is 5.91 Å². The molecular weight excluding hydrogens is 771 g/mol. The second kappa shape index (κ2) is 55.5. The lowest BCUT2D eigenvalue weighted by molar-refractivity contribution is -0.123. The molecule has 2 atom stereocenters. The zero-order chi connectivity index (χ0) is 45.6. The molecule has 0 bridgehead atoms. The zero-order valence-corrected chi connectivity index (χ0v) is 43.4. The van der Waals surface area contributed by atoms with Crippen LogP contribution in [0, 0.1) is 0 Å². The smallest absolute Gasteiger partial charge is 0.220 e. The first kappa shape index (κ1) is 62.1. The van der Waals surface area contributed by atoms with Crippen LogP contribution < -0.4 is 5.32 Å². The third-order valence-electron chi connectivity index (χ3n) is 14.0. The van der Waals surface area contributed by atoms with E-state index in [1.165, 1.54) is 295 Å². The van der Waals surface area contributed by atoms with Crippen molar-refractivity contribution in [2.45, 2.75) is 353 Å². The molecule has 0 saturated carbocycles. The number of allylic oxidation sites excluding steroid dienone is 1. The Morgan fingerprint density at radius 1 is 0.365 bits per heavy atom. The van der Waals surface area contributed by atoms with Gasteiger partial charge in [0.1, 0.15) is 0 Å². The standard InChI is InChI=1S/C59H117NO3/c1-3-5-7-9-11-13-15-17-19-20-21-22-23-24-25-26-27-28-29-30-31-32-33-34-35-36-37-38-39-40-41-43-45-47-49-51-53-55-59(63)60-57(56-61)58(62)54-52-50-48-46-44-42-18-16-14-12-10-8-6-4-2/h52,54,57-58,61-62H,3-51,53,55-56H2,1-2H3,(H,60,63)/b54-52+. The van der Waals surface area contributed by atoms with E-state index >= 15 is 0 Å². The molecule has 4 heteroatoms. The Morgan fingerprint density at radius 3 is 0.825 bits per heavy atom. The maximum Gasteiger partial charge on any atom is 0.220 e. The number of carbonyl (C=O) groups is 1. The van der Waals surface area contributed by atoms with Crippen LogP contribution in [0.4, 0.5) is 0 Å². The van der Waals surface area contributed by atoms with Gasteiger partial charge in [0.25, 0.3) is 0 Å². The van der Waals surface area contributed by atoms with E-state index in [0.29, 0.717) is 6.42 Å². The fourth-order valence-corrected chi connectivity index (χ4v) is 9.54. The maximum atomic E-state index is 12.4. The highest BCUT2D eigenvalue weighted by Crippen LogP contribution is 2.18. The van der Waals surface area contributed by atoms with Crippen LogP contribution in [0.15, 0.2) is 12.2 Å². The molecule has 0 aromatic rings. The van der Waals surface area contributed by atoms with Crippen LogP contribution in [0.1, 0.15) is 341 Å². The van der Waals surface area contributed by atoms with Crippen LogP contribution >= 0.6 is 0 Å². The number of nitrogens with one attached hydrogen (secondary N) is 1. The van der Waals surface area contributed by atoms with Crippen LogP contribution in [0.25, 0.3) is 0 Å². The molecule has 2 unspecified atom stereocenters. The van der Waals surface area contributed by atoms with Gasteiger partial charge in [0.05, 0.1) is 18.8 Å². The number of unbranched alkanes of at least 4 members (excludes halogenated alkanes) is 48. The molecule has 0 aliphatic heterocycles. The molecule has 3 N–H and O–H groups in total. The van der Waals surface area contributed by atoms with Crippen molar-refractivity contribution < 1.29 is 15.0 Å². The summed E-state index contributed by atoms with van der Waals surface area (Å²) in [5.41, 5.74) is 0. The van der Waals surface area contributed by atoms with Gasteiger partial charge in [-0.25, -0.2) is 0 Å². The van der Waals surface area contributed by atoms with Gasteiger partial charge < -0.3 is 15.5 Å².